The number of benzene rings is 1. The van der Waals surface area contributed by atoms with Crippen LogP contribution < -0.4 is 15.4 Å². The molecule has 0 fully saturated rings. The zero-order chi connectivity index (χ0) is 18.4. The Kier molecular flexibility index (Phi) is 6.33. The van der Waals surface area contributed by atoms with Gasteiger partial charge in [-0.3, -0.25) is 4.79 Å². The Morgan fingerprint density at radius 1 is 1.16 bits per heavy atom. The molecule has 1 aromatic carbocycles. The molecule has 0 aliphatic rings. The van der Waals surface area contributed by atoms with Gasteiger partial charge in [0.15, 0.2) is 0 Å². The molecule has 0 unspecified atom stereocenters. The minimum Gasteiger partial charge on any atom is -0.489 e. The van der Waals surface area contributed by atoms with Crippen molar-refractivity contribution in [3.8, 4) is 5.75 Å². The first-order valence-corrected chi connectivity index (χ1v) is 8.51. The van der Waals surface area contributed by atoms with Gasteiger partial charge in [0.05, 0.1) is 11.8 Å². The predicted molar refractivity (Wildman–Crippen MR) is 99.4 cm³/mol. The van der Waals surface area contributed by atoms with Crippen LogP contribution in [-0.4, -0.2) is 28.5 Å². The quantitative estimate of drug-likeness (QED) is 0.802. The third kappa shape index (κ3) is 5.74. The van der Waals surface area contributed by atoms with Gasteiger partial charge in [0.1, 0.15) is 23.1 Å². The average Bonchev–Trinajstić information content (AvgIpc) is 2.53. The van der Waals surface area contributed by atoms with E-state index in [9.17, 15) is 4.79 Å². The van der Waals surface area contributed by atoms with Crippen molar-refractivity contribution in [1.82, 2.24) is 15.3 Å². The van der Waals surface area contributed by atoms with Crippen molar-refractivity contribution < 1.29 is 9.53 Å². The Morgan fingerprint density at radius 2 is 1.88 bits per heavy atom. The van der Waals surface area contributed by atoms with Gasteiger partial charge < -0.3 is 15.4 Å². The summed E-state index contributed by atoms with van der Waals surface area (Å²) in [5.74, 6) is 2.00. The number of aromatic nitrogens is 2. The summed E-state index contributed by atoms with van der Waals surface area (Å²) >= 11 is 0. The van der Waals surface area contributed by atoms with Gasteiger partial charge in [-0.05, 0) is 38.8 Å². The summed E-state index contributed by atoms with van der Waals surface area (Å²) in [6.07, 6.45) is 0.0625. The van der Waals surface area contributed by atoms with Crippen LogP contribution in [0.15, 0.2) is 30.3 Å². The maximum absolute atomic E-state index is 12.3. The highest BCUT2D eigenvalue weighted by molar-refractivity contribution is 5.93. The van der Waals surface area contributed by atoms with Gasteiger partial charge in [0, 0.05) is 12.6 Å². The van der Waals surface area contributed by atoms with Crippen LogP contribution in [0.1, 0.15) is 44.0 Å². The van der Waals surface area contributed by atoms with E-state index in [-0.39, 0.29) is 12.0 Å². The second-order valence-corrected chi connectivity index (χ2v) is 6.58. The fourth-order valence-electron chi connectivity index (χ4n) is 2.20. The van der Waals surface area contributed by atoms with Crippen molar-refractivity contribution >= 4 is 17.4 Å². The molecular weight excluding hydrogens is 316 g/mol. The fraction of sp³-hybridized carbons (Fsp3) is 0.421. The second kappa shape index (κ2) is 8.46. The zero-order valence-electron chi connectivity index (χ0n) is 15.5. The number of hydrogen-bond acceptors (Lipinski definition) is 5. The Hall–Kier alpha value is -2.63. The van der Waals surface area contributed by atoms with Gasteiger partial charge in [-0.25, -0.2) is 9.97 Å². The number of anilines is 2. The molecule has 134 valence electrons. The van der Waals surface area contributed by atoms with E-state index in [1.54, 1.807) is 13.0 Å². The van der Waals surface area contributed by atoms with Gasteiger partial charge in [-0.2, -0.15) is 0 Å². The number of carbonyl (C=O) groups excluding carboxylic acids is 1. The molecule has 2 N–H and O–H groups in total. The molecule has 6 heteroatoms. The molecule has 2 rings (SSSR count). The summed E-state index contributed by atoms with van der Waals surface area (Å²) in [5, 5.41) is 6.10. The number of carbonyl (C=O) groups is 1. The van der Waals surface area contributed by atoms with Crippen molar-refractivity contribution in [1.29, 1.82) is 0 Å². The highest BCUT2D eigenvalue weighted by Gasteiger charge is 2.12. The van der Waals surface area contributed by atoms with Crippen LogP contribution >= 0.6 is 0 Å². The maximum Gasteiger partial charge on any atom is 0.270 e. The lowest BCUT2D eigenvalue weighted by atomic mass is 10.2. The summed E-state index contributed by atoms with van der Waals surface area (Å²) < 4.78 is 5.81. The van der Waals surface area contributed by atoms with Crippen LogP contribution in [0.2, 0.25) is 0 Å². The van der Waals surface area contributed by atoms with E-state index >= 15 is 0 Å². The third-order valence-electron chi connectivity index (χ3n) is 3.25. The van der Waals surface area contributed by atoms with Crippen LogP contribution in [0, 0.1) is 12.8 Å². The molecule has 1 heterocycles. The van der Waals surface area contributed by atoms with Gasteiger partial charge in [0.2, 0.25) is 0 Å². The van der Waals surface area contributed by atoms with Gasteiger partial charge in [0.25, 0.3) is 5.91 Å². The Labute approximate surface area is 149 Å². The van der Waals surface area contributed by atoms with Crippen molar-refractivity contribution in [2.75, 3.05) is 11.9 Å². The van der Waals surface area contributed by atoms with Crippen molar-refractivity contribution in [2.24, 2.45) is 5.92 Å². The van der Waals surface area contributed by atoms with Crippen molar-refractivity contribution in [2.45, 2.75) is 40.7 Å². The Balaban J connectivity index is 2.22. The lowest BCUT2D eigenvalue weighted by Gasteiger charge is -2.15. The Morgan fingerprint density at radius 3 is 2.56 bits per heavy atom. The number of nitrogens with zero attached hydrogens (tertiary/aromatic N) is 2. The molecule has 0 spiro atoms. The van der Waals surface area contributed by atoms with Crippen LogP contribution in [0.25, 0.3) is 0 Å². The van der Waals surface area contributed by atoms with Crippen molar-refractivity contribution in [3.05, 3.63) is 41.9 Å². The number of ether oxygens (including phenoxy) is 1. The number of amides is 1. The summed E-state index contributed by atoms with van der Waals surface area (Å²) in [6, 6.07) is 9.29. The summed E-state index contributed by atoms with van der Waals surface area (Å²) in [5.41, 5.74) is 1.14. The van der Waals surface area contributed by atoms with Crippen LogP contribution in [0.5, 0.6) is 5.75 Å². The summed E-state index contributed by atoms with van der Waals surface area (Å²) in [4.78, 5) is 20.9. The molecule has 0 saturated heterocycles. The van der Waals surface area contributed by atoms with E-state index in [0.29, 0.717) is 29.8 Å². The molecule has 1 amide bonds. The average molecular weight is 342 g/mol. The Bertz CT molecular complexity index is 729. The molecule has 2 aromatic rings. The summed E-state index contributed by atoms with van der Waals surface area (Å²) in [7, 11) is 0. The van der Waals surface area contributed by atoms with E-state index < -0.39 is 0 Å². The van der Waals surface area contributed by atoms with E-state index in [0.717, 1.165) is 11.4 Å². The molecule has 0 atom stereocenters. The number of nitrogens with one attached hydrogen (secondary N) is 2. The lowest BCUT2D eigenvalue weighted by Crippen LogP contribution is -2.28. The molecule has 1 aromatic heterocycles. The molecule has 0 bridgehead atoms. The number of hydrogen-bond donors (Lipinski definition) is 2. The van der Waals surface area contributed by atoms with Gasteiger partial charge >= 0.3 is 0 Å². The molecular formula is C19H26N4O2. The van der Waals surface area contributed by atoms with Gasteiger partial charge in [-0.1, -0.05) is 26.0 Å². The largest absolute Gasteiger partial charge is 0.489 e. The standard InChI is InChI=1S/C19H26N4O2/c1-12(2)11-20-19(24)16-10-18(22-14(5)21-16)23-15-8-6-7-9-17(15)25-13(3)4/h6-10,12-13H,11H2,1-5H3,(H,20,24)(H,21,22,23). The monoisotopic (exact) mass is 342 g/mol. The number of aryl methyl sites for hydroxylation is 1. The van der Waals surface area contributed by atoms with Crippen LogP contribution in [0.4, 0.5) is 11.5 Å². The van der Waals surface area contributed by atoms with Gasteiger partial charge in [-0.15, -0.1) is 0 Å². The highest BCUT2D eigenvalue weighted by Crippen LogP contribution is 2.27. The molecule has 0 saturated carbocycles. The second-order valence-electron chi connectivity index (χ2n) is 6.58. The van der Waals surface area contributed by atoms with E-state index in [4.69, 9.17) is 4.74 Å². The fourth-order valence-corrected chi connectivity index (χ4v) is 2.20. The molecule has 6 nitrogen and oxygen atoms in total. The van der Waals surface area contributed by atoms with Crippen LogP contribution in [-0.2, 0) is 0 Å². The van der Waals surface area contributed by atoms with Crippen molar-refractivity contribution in [3.63, 3.8) is 0 Å². The molecule has 0 aliphatic carbocycles. The molecule has 0 aliphatic heterocycles. The zero-order valence-corrected chi connectivity index (χ0v) is 15.5. The lowest BCUT2D eigenvalue weighted by molar-refractivity contribution is 0.0943. The normalized spacial score (nSPS) is 10.8. The minimum atomic E-state index is -0.200. The third-order valence-corrected chi connectivity index (χ3v) is 3.25. The topological polar surface area (TPSA) is 76.1 Å². The van der Waals surface area contributed by atoms with E-state index in [1.165, 1.54) is 0 Å². The smallest absolute Gasteiger partial charge is 0.270 e. The first-order chi connectivity index (χ1) is 11.8. The molecule has 25 heavy (non-hydrogen) atoms. The van der Waals surface area contributed by atoms with Crippen LogP contribution in [0.3, 0.4) is 0 Å². The number of para-hydroxylation sites is 2. The molecule has 0 radical (unpaired) electrons. The first-order valence-electron chi connectivity index (χ1n) is 8.51. The van der Waals surface area contributed by atoms with E-state index in [2.05, 4.69) is 20.6 Å². The minimum absolute atomic E-state index is 0.0625. The summed E-state index contributed by atoms with van der Waals surface area (Å²) in [6.45, 7) is 10.4. The van der Waals surface area contributed by atoms with E-state index in [1.807, 2.05) is 52.0 Å². The first kappa shape index (κ1) is 18.7. The predicted octanol–water partition coefficient (Wildman–Crippen LogP) is 3.70. The maximum atomic E-state index is 12.3. The highest BCUT2D eigenvalue weighted by atomic mass is 16.5. The SMILES string of the molecule is Cc1nc(Nc2ccccc2OC(C)C)cc(C(=O)NCC(C)C)n1. The number of rotatable bonds is 7.